The Labute approximate surface area is 93.9 Å². The van der Waals surface area contributed by atoms with Crippen LogP contribution in [0, 0.1) is 5.82 Å². The van der Waals surface area contributed by atoms with Crippen molar-refractivity contribution in [1.29, 1.82) is 0 Å². The highest BCUT2D eigenvalue weighted by molar-refractivity contribution is 6.17. The fraction of sp³-hybridized carbons (Fsp3) is 0.333. The lowest BCUT2D eigenvalue weighted by Crippen LogP contribution is -2.10. The Bertz CT molecular complexity index is 412. The minimum absolute atomic E-state index is 0.251. The molecule has 1 heterocycles. The number of aliphatic carboxylic acids is 1. The number of carboxylic acids is 1. The summed E-state index contributed by atoms with van der Waals surface area (Å²) in [7, 11) is 0. The zero-order valence-corrected chi connectivity index (χ0v) is 8.64. The maximum absolute atomic E-state index is 13.2. The highest BCUT2D eigenvalue weighted by Gasteiger charge is 2.21. The summed E-state index contributed by atoms with van der Waals surface area (Å²) in [5.41, 5.74) is -1.26. The van der Waals surface area contributed by atoms with Gasteiger partial charge in [-0.2, -0.15) is 0 Å². The van der Waals surface area contributed by atoms with E-state index in [-0.39, 0.29) is 11.1 Å². The molecule has 0 atom stereocenters. The number of hydrogen-bond donors (Lipinski definition) is 1. The van der Waals surface area contributed by atoms with Gasteiger partial charge in [-0.05, 0) is 0 Å². The molecule has 0 aromatic carbocycles. The Kier molecular flexibility index (Phi) is 4.12. The van der Waals surface area contributed by atoms with E-state index in [4.69, 9.17) is 16.7 Å². The minimum atomic E-state index is -2.91. The van der Waals surface area contributed by atoms with Crippen molar-refractivity contribution in [2.75, 3.05) is 0 Å². The van der Waals surface area contributed by atoms with Crippen LogP contribution in [0.3, 0.4) is 0 Å². The van der Waals surface area contributed by atoms with Crippen LogP contribution in [0.1, 0.15) is 23.2 Å². The van der Waals surface area contributed by atoms with Crippen LogP contribution in [0.2, 0.25) is 0 Å². The molecule has 0 aliphatic carbocycles. The standard InChI is InChI=1S/C9H7ClF3NO2/c10-2-5-4(1-7(15)16)6(11)3-14-8(5)9(12)13/h3,9H,1-2H2,(H,15,16). The summed E-state index contributed by atoms with van der Waals surface area (Å²) in [5.74, 6) is -2.67. The van der Waals surface area contributed by atoms with E-state index in [0.717, 1.165) is 0 Å². The first-order valence-corrected chi connectivity index (χ1v) is 4.72. The van der Waals surface area contributed by atoms with Gasteiger partial charge in [-0.15, -0.1) is 11.6 Å². The predicted molar refractivity (Wildman–Crippen MR) is 50.0 cm³/mol. The van der Waals surface area contributed by atoms with E-state index in [0.29, 0.717) is 6.20 Å². The van der Waals surface area contributed by atoms with Gasteiger partial charge in [0.1, 0.15) is 11.5 Å². The maximum Gasteiger partial charge on any atom is 0.307 e. The smallest absolute Gasteiger partial charge is 0.307 e. The summed E-state index contributed by atoms with van der Waals surface area (Å²) < 4.78 is 38.2. The molecule has 0 spiro atoms. The van der Waals surface area contributed by atoms with Crippen molar-refractivity contribution in [3.8, 4) is 0 Å². The zero-order chi connectivity index (χ0) is 12.3. The Hall–Kier alpha value is -1.30. The summed E-state index contributed by atoms with van der Waals surface area (Å²) in [5, 5.41) is 8.52. The summed E-state index contributed by atoms with van der Waals surface area (Å²) in [6.45, 7) is 0. The fourth-order valence-electron chi connectivity index (χ4n) is 1.26. The molecule has 88 valence electrons. The lowest BCUT2D eigenvalue weighted by molar-refractivity contribution is -0.136. The first-order valence-electron chi connectivity index (χ1n) is 4.19. The molecule has 1 rings (SSSR count). The number of pyridine rings is 1. The number of halogens is 4. The van der Waals surface area contributed by atoms with Crippen LogP contribution in [0.25, 0.3) is 0 Å². The van der Waals surface area contributed by atoms with E-state index >= 15 is 0 Å². The lowest BCUT2D eigenvalue weighted by Gasteiger charge is -2.10. The number of nitrogens with zero attached hydrogens (tertiary/aromatic N) is 1. The third-order valence-corrected chi connectivity index (χ3v) is 2.21. The molecule has 1 aromatic heterocycles. The van der Waals surface area contributed by atoms with Crippen LogP contribution >= 0.6 is 11.6 Å². The average molecular weight is 254 g/mol. The van der Waals surface area contributed by atoms with Gasteiger partial charge >= 0.3 is 5.97 Å². The van der Waals surface area contributed by atoms with Gasteiger partial charge in [0.15, 0.2) is 0 Å². The Morgan fingerprint density at radius 3 is 2.56 bits per heavy atom. The van der Waals surface area contributed by atoms with E-state index < -0.39 is 36.2 Å². The van der Waals surface area contributed by atoms with Gasteiger partial charge in [0.2, 0.25) is 0 Å². The predicted octanol–water partition coefficient (Wildman–Crippen LogP) is 2.52. The van der Waals surface area contributed by atoms with Crippen LogP contribution < -0.4 is 0 Å². The first-order chi connectivity index (χ1) is 7.47. The molecule has 0 radical (unpaired) electrons. The summed E-state index contributed by atoms with van der Waals surface area (Å²) >= 11 is 5.40. The second-order valence-corrected chi connectivity index (χ2v) is 3.22. The number of rotatable bonds is 4. The van der Waals surface area contributed by atoms with Gasteiger partial charge < -0.3 is 5.11 Å². The molecule has 0 fully saturated rings. The van der Waals surface area contributed by atoms with Gasteiger partial charge in [-0.3, -0.25) is 9.78 Å². The molecule has 0 saturated carbocycles. The largest absolute Gasteiger partial charge is 0.481 e. The van der Waals surface area contributed by atoms with Gasteiger partial charge in [0, 0.05) is 17.0 Å². The SMILES string of the molecule is O=C(O)Cc1c(F)cnc(C(F)F)c1CCl. The van der Waals surface area contributed by atoms with Crippen LogP contribution in [0.4, 0.5) is 13.2 Å². The molecule has 7 heteroatoms. The van der Waals surface area contributed by atoms with Gasteiger partial charge in [-0.25, -0.2) is 13.2 Å². The fourth-order valence-corrected chi connectivity index (χ4v) is 1.56. The third kappa shape index (κ3) is 2.63. The van der Waals surface area contributed by atoms with E-state index in [1.807, 2.05) is 0 Å². The van der Waals surface area contributed by atoms with Crippen LogP contribution in [0.15, 0.2) is 6.20 Å². The van der Waals surface area contributed by atoms with Crippen molar-refractivity contribution in [2.45, 2.75) is 18.7 Å². The summed E-state index contributed by atoms with van der Waals surface area (Å²) in [6, 6.07) is 0. The zero-order valence-electron chi connectivity index (χ0n) is 7.88. The van der Waals surface area contributed by atoms with E-state index in [9.17, 15) is 18.0 Å². The topological polar surface area (TPSA) is 50.2 Å². The van der Waals surface area contributed by atoms with Crippen molar-refractivity contribution >= 4 is 17.6 Å². The second kappa shape index (κ2) is 5.16. The Balaban J connectivity index is 3.32. The monoisotopic (exact) mass is 253 g/mol. The molecule has 1 aromatic rings. The molecule has 0 saturated heterocycles. The maximum atomic E-state index is 13.2. The first kappa shape index (κ1) is 12.8. The Morgan fingerprint density at radius 1 is 1.50 bits per heavy atom. The highest BCUT2D eigenvalue weighted by Crippen LogP contribution is 2.26. The van der Waals surface area contributed by atoms with E-state index in [2.05, 4.69) is 4.98 Å². The quantitative estimate of drug-likeness (QED) is 0.839. The number of aromatic nitrogens is 1. The minimum Gasteiger partial charge on any atom is -0.481 e. The molecule has 0 aliphatic heterocycles. The molecule has 16 heavy (non-hydrogen) atoms. The molecule has 0 amide bonds. The number of hydrogen-bond acceptors (Lipinski definition) is 2. The van der Waals surface area contributed by atoms with Crippen molar-refractivity contribution in [1.82, 2.24) is 4.98 Å². The number of alkyl halides is 3. The molecule has 1 N–H and O–H groups in total. The molecule has 0 bridgehead atoms. The van der Waals surface area contributed by atoms with Gasteiger partial charge in [-0.1, -0.05) is 0 Å². The van der Waals surface area contributed by atoms with Crippen molar-refractivity contribution in [3.63, 3.8) is 0 Å². The summed E-state index contributed by atoms with van der Waals surface area (Å²) in [6.07, 6.45) is -3.03. The number of carbonyl (C=O) groups is 1. The normalized spacial score (nSPS) is 10.8. The average Bonchev–Trinajstić information content (AvgIpc) is 2.19. The van der Waals surface area contributed by atoms with Crippen molar-refractivity contribution in [2.24, 2.45) is 0 Å². The molecule has 0 unspecified atom stereocenters. The van der Waals surface area contributed by atoms with Gasteiger partial charge in [0.25, 0.3) is 6.43 Å². The Morgan fingerprint density at radius 2 is 2.12 bits per heavy atom. The lowest BCUT2D eigenvalue weighted by atomic mass is 10.0. The molecule has 0 aliphatic rings. The van der Waals surface area contributed by atoms with Crippen molar-refractivity contribution in [3.05, 3.63) is 28.8 Å². The van der Waals surface area contributed by atoms with Gasteiger partial charge in [0.05, 0.1) is 12.6 Å². The van der Waals surface area contributed by atoms with Crippen LogP contribution in [0.5, 0.6) is 0 Å². The van der Waals surface area contributed by atoms with E-state index in [1.54, 1.807) is 0 Å². The molecule has 3 nitrogen and oxygen atoms in total. The third-order valence-electron chi connectivity index (χ3n) is 1.95. The van der Waals surface area contributed by atoms with Crippen LogP contribution in [-0.4, -0.2) is 16.1 Å². The summed E-state index contributed by atoms with van der Waals surface area (Å²) in [4.78, 5) is 13.7. The van der Waals surface area contributed by atoms with Crippen LogP contribution in [-0.2, 0) is 17.1 Å². The second-order valence-electron chi connectivity index (χ2n) is 2.95. The number of carboxylic acid groups (broad SMARTS) is 1. The highest BCUT2D eigenvalue weighted by atomic mass is 35.5. The van der Waals surface area contributed by atoms with E-state index in [1.165, 1.54) is 0 Å². The van der Waals surface area contributed by atoms with Crippen molar-refractivity contribution < 1.29 is 23.1 Å². The molecular formula is C9H7ClF3NO2. The molecular weight excluding hydrogens is 247 g/mol.